The number of hydrogen-bond acceptors (Lipinski definition) is 2. The van der Waals surface area contributed by atoms with Crippen LogP contribution in [0.2, 0.25) is 0 Å². The van der Waals surface area contributed by atoms with Gasteiger partial charge in [-0.25, -0.2) is 4.98 Å². The van der Waals surface area contributed by atoms with Gasteiger partial charge in [0.2, 0.25) is 0 Å². The van der Waals surface area contributed by atoms with Crippen LogP contribution in [0, 0.1) is 6.92 Å². The molecule has 0 saturated carbocycles. The number of nitrogens with zero attached hydrogens (tertiary/aromatic N) is 3. The van der Waals surface area contributed by atoms with E-state index < -0.39 is 0 Å². The Labute approximate surface area is 115 Å². The van der Waals surface area contributed by atoms with Crippen molar-refractivity contribution in [3.8, 4) is 0 Å². The fraction of sp³-hybridized carbons (Fsp3) is 0.562. The molecule has 3 nitrogen and oxygen atoms in total. The molecule has 0 spiro atoms. The van der Waals surface area contributed by atoms with Gasteiger partial charge in [-0.15, -0.1) is 0 Å². The number of pyridine rings is 1. The maximum Gasteiger partial charge on any atom is 0.114 e. The summed E-state index contributed by atoms with van der Waals surface area (Å²) in [6, 6.07) is 5.60. The molecule has 1 saturated heterocycles. The summed E-state index contributed by atoms with van der Waals surface area (Å²) in [5.41, 5.74) is 2.49. The van der Waals surface area contributed by atoms with E-state index in [1.807, 2.05) is 6.20 Å². The van der Waals surface area contributed by atoms with Crippen molar-refractivity contribution in [2.45, 2.75) is 52.1 Å². The predicted octanol–water partition coefficient (Wildman–Crippen LogP) is 3.06. The van der Waals surface area contributed by atoms with Gasteiger partial charge < -0.3 is 4.40 Å². The molecule has 1 aliphatic heterocycles. The smallest absolute Gasteiger partial charge is 0.114 e. The monoisotopic (exact) mass is 257 g/mol. The van der Waals surface area contributed by atoms with Gasteiger partial charge in [0.25, 0.3) is 0 Å². The third-order valence-corrected chi connectivity index (χ3v) is 4.26. The van der Waals surface area contributed by atoms with Gasteiger partial charge in [-0.1, -0.05) is 6.07 Å². The molecule has 1 fully saturated rings. The molecule has 2 aromatic heterocycles. The van der Waals surface area contributed by atoms with Gasteiger partial charge in [0.1, 0.15) is 5.82 Å². The van der Waals surface area contributed by atoms with Crippen LogP contribution in [0.4, 0.5) is 0 Å². The van der Waals surface area contributed by atoms with Crippen molar-refractivity contribution in [3.05, 3.63) is 35.9 Å². The van der Waals surface area contributed by atoms with Crippen molar-refractivity contribution < 1.29 is 0 Å². The number of likely N-dealkylation sites (tertiary alicyclic amines) is 1. The lowest BCUT2D eigenvalue weighted by molar-refractivity contribution is 0.201. The quantitative estimate of drug-likeness (QED) is 0.842. The van der Waals surface area contributed by atoms with Gasteiger partial charge in [-0.05, 0) is 51.8 Å². The molecule has 102 valence electrons. The number of aryl methyl sites for hydroxylation is 1. The Morgan fingerprint density at radius 1 is 1.37 bits per heavy atom. The lowest BCUT2D eigenvalue weighted by Gasteiger charge is -2.27. The molecule has 0 N–H and O–H groups in total. The highest BCUT2D eigenvalue weighted by molar-refractivity contribution is 5.46. The Morgan fingerprint density at radius 3 is 3.00 bits per heavy atom. The Hall–Kier alpha value is -1.35. The summed E-state index contributed by atoms with van der Waals surface area (Å²) in [6.07, 6.45) is 7.88. The number of hydrogen-bond donors (Lipinski definition) is 0. The zero-order chi connectivity index (χ0) is 13.4. The molecule has 0 radical (unpaired) electrons. The first-order chi connectivity index (χ1) is 9.15. The third-order valence-electron chi connectivity index (χ3n) is 4.26. The molecule has 19 heavy (non-hydrogen) atoms. The summed E-state index contributed by atoms with van der Waals surface area (Å²) in [6.45, 7) is 7.97. The second kappa shape index (κ2) is 4.97. The highest BCUT2D eigenvalue weighted by atomic mass is 15.2. The SMILES string of the molecule is Cc1ccc2cnc(CC3CCCN3C(C)C)n2c1. The zero-order valence-electron chi connectivity index (χ0n) is 12.1. The Kier molecular flexibility index (Phi) is 3.31. The first-order valence-corrected chi connectivity index (χ1v) is 7.33. The second-order valence-electron chi connectivity index (χ2n) is 6.01. The molecule has 3 rings (SSSR count). The normalized spacial score (nSPS) is 20.7. The summed E-state index contributed by atoms with van der Waals surface area (Å²) < 4.78 is 2.26. The van der Waals surface area contributed by atoms with Gasteiger partial charge >= 0.3 is 0 Å². The summed E-state index contributed by atoms with van der Waals surface area (Å²) >= 11 is 0. The molecule has 1 atom stereocenters. The standard InChI is InChI=1S/C16H23N3/c1-12(2)18-8-4-5-14(18)9-16-17-10-15-7-6-13(3)11-19(15)16/h6-7,10-12,14H,4-5,8-9H2,1-3H3. The van der Waals surface area contributed by atoms with E-state index in [0.717, 1.165) is 6.42 Å². The van der Waals surface area contributed by atoms with Crippen molar-refractivity contribution >= 4 is 5.52 Å². The summed E-state index contributed by atoms with van der Waals surface area (Å²) in [7, 11) is 0. The van der Waals surface area contributed by atoms with Crippen LogP contribution in [0.15, 0.2) is 24.5 Å². The van der Waals surface area contributed by atoms with Gasteiger partial charge in [-0.2, -0.15) is 0 Å². The highest BCUT2D eigenvalue weighted by Gasteiger charge is 2.27. The topological polar surface area (TPSA) is 20.5 Å². The minimum atomic E-state index is 0.639. The Bertz CT molecular complexity index is 570. The molecule has 0 amide bonds. The van der Waals surface area contributed by atoms with E-state index in [9.17, 15) is 0 Å². The predicted molar refractivity (Wildman–Crippen MR) is 78.5 cm³/mol. The van der Waals surface area contributed by atoms with E-state index in [0.29, 0.717) is 12.1 Å². The van der Waals surface area contributed by atoms with Crippen LogP contribution in [0.5, 0.6) is 0 Å². The van der Waals surface area contributed by atoms with E-state index in [4.69, 9.17) is 0 Å². The molecule has 0 aromatic carbocycles. The minimum Gasteiger partial charge on any atom is -0.303 e. The lowest BCUT2D eigenvalue weighted by atomic mass is 10.1. The molecule has 3 heteroatoms. The van der Waals surface area contributed by atoms with E-state index in [-0.39, 0.29) is 0 Å². The minimum absolute atomic E-state index is 0.639. The number of rotatable bonds is 3. The number of fused-ring (bicyclic) bond motifs is 1. The van der Waals surface area contributed by atoms with Crippen LogP contribution in [0.3, 0.4) is 0 Å². The van der Waals surface area contributed by atoms with E-state index in [1.165, 1.54) is 36.3 Å². The molecule has 0 bridgehead atoms. The second-order valence-corrected chi connectivity index (χ2v) is 6.01. The number of aromatic nitrogens is 2. The van der Waals surface area contributed by atoms with Crippen molar-refractivity contribution in [1.29, 1.82) is 0 Å². The largest absolute Gasteiger partial charge is 0.303 e. The van der Waals surface area contributed by atoms with Gasteiger partial charge in [0.15, 0.2) is 0 Å². The third kappa shape index (κ3) is 2.39. The molecular weight excluding hydrogens is 234 g/mol. The maximum atomic E-state index is 4.63. The highest BCUT2D eigenvalue weighted by Crippen LogP contribution is 2.23. The van der Waals surface area contributed by atoms with Crippen LogP contribution in [0.1, 0.15) is 38.1 Å². The first kappa shape index (κ1) is 12.7. The van der Waals surface area contributed by atoms with Crippen molar-refractivity contribution in [2.24, 2.45) is 0 Å². The van der Waals surface area contributed by atoms with Crippen molar-refractivity contribution in [1.82, 2.24) is 14.3 Å². The van der Waals surface area contributed by atoms with Crippen LogP contribution in [-0.4, -0.2) is 32.9 Å². The van der Waals surface area contributed by atoms with Gasteiger partial charge in [0.05, 0.1) is 11.7 Å². The fourth-order valence-corrected chi connectivity index (χ4v) is 3.27. The molecule has 0 aliphatic carbocycles. The van der Waals surface area contributed by atoms with E-state index in [1.54, 1.807) is 0 Å². The summed E-state index contributed by atoms with van der Waals surface area (Å²) in [5, 5.41) is 0. The van der Waals surface area contributed by atoms with Crippen molar-refractivity contribution in [2.75, 3.05) is 6.54 Å². The fourth-order valence-electron chi connectivity index (χ4n) is 3.27. The van der Waals surface area contributed by atoms with Crippen LogP contribution in [0.25, 0.3) is 5.52 Å². The average Bonchev–Trinajstić information content (AvgIpc) is 2.97. The Balaban J connectivity index is 1.87. The molecule has 3 heterocycles. The molecule has 1 unspecified atom stereocenters. The molecule has 1 aliphatic rings. The summed E-state index contributed by atoms with van der Waals surface area (Å²) in [4.78, 5) is 7.25. The van der Waals surface area contributed by atoms with Crippen LogP contribution >= 0.6 is 0 Å². The lowest BCUT2D eigenvalue weighted by Crippen LogP contribution is -2.37. The Morgan fingerprint density at radius 2 is 2.21 bits per heavy atom. The molecule has 2 aromatic rings. The summed E-state index contributed by atoms with van der Waals surface area (Å²) in [5.74, 6) is 1.20. The van der Waals surface area contributed by atoms with Gasteiger partial charge in [-0.3, -0.25) is 4.90 Å². The maximum absolute atomic E-state index is 4.63. The average molecular weight is 257 g/mol. The van der Waals surface area contributed by atoms with Crippen LogP contribution in [-0.2, 0) is 6.42 Å². The van der Waals surface area contributed by atoms with Crippen molar-refractivity contribution in [3.63, 3.8) is 0 Å². The zero-order valence-corrected chi connectivity index (χ0v) is 12.1. The first-order valence-electron chi connectivity index (χ1n) is 7.33. The van der Waals surface area contributed by atoms with Gasteiger partial charge in [0, 0.05) is 24.7 Å². The molecular formula is C16H23N3. The van der Waals surface area contributed by atoms with E-state index in [2.05, 4.69) is 53.4 Å². The van der Waals surface area contributed by atoms with Crippen LogP contribution < -0.4 is 0 Å². The van der Waals surface area contributed by atoms with E-state index >= 15 is 0 Å². The number of imidazole rings is 1.